The Labute approximate surface area is 134 Å². The Bertz CT molecular complexity index is 908. The predicted octanol–water partition coefficient (Wildman–Crippen LogP) is 3.53. The SMILES string of the molecule is C=CN(C)c1ccc2nc3ccc(=[N+](C)C=C)cc-3sc2c1. The van der Waals surface area contributed by atoms with Crippen LogP contribution in [-0.2, 0) is 0 Å². The Morgan fingerprint density at radius 3 is 2.73 bits per heavy atom. The van der Waals surface area contributed by atoms with Gasteiger partial charge in [-0.05, 0) is 37.0 Å². The minimum atomic E-state index is 1.02. The molecular formula is C18H18N3S+. The van der Waals surface area contributed by atoms with Gasteiger partial charge in [0.05, 0.1) is 20.8 Å². The first kappa shape index (κ1) is 14.5. The minimum absolute atomic E-state index is 1.02. The van der Waals surface area contributed by atoms with Crippen molar-refractivity contribution in [2.45, 2.75) is 0 Å². The predicted molar refractivity (Wildman–Crippen MR) is 96.2 cm³/mol. The Balaban J connectivity index is 2.27. The van der Waals surface area contributed by atoms with E-state index in [1.165, 1.54) is 0 Å². The van der Waals surface area contributed by atoms with Crippen molar-refractivity contribution in [3.8, 4) is 10.6 Å². The summed E-state index contributed by atoms with van der Waals surface area (Å²) in [7, 11) is 3.98. The molecule has 1 aromatic carbocycles. The molecule has 0 bridgehead atoms. The highest BCUT2D eigenvalue weighted by Gasteiger charge is 2.10. The Morgan fingerprint density at radius 2 is 2.00 bits per heavy atom. The van der Waals surface area contributed by atoms with E-state index in [9.17, 15) is 0 Å². The van der Waals surface area contributed by atoms with E-state index in [-0.39, 0.29) is 0 Å². The maximum atomic E-state index is 4.75. The molecular weight excluding hydrogens is 290 g/mol. The highest BCUT2D eigenvalue weighted by atomic mass is 32.1. The zero-order valence-corrected chi connectivity index (χ0v) is 13.6. The molecule has 0 amide bonds. The summed E-state index contributed by atoms with van der Waals surface area (Å²) in [6.45, 7) is 7.61. The molecule has 1 aromatic rings. The fourth-order valence-corrected chi connectivity index (χ4v) is 3.28. The standard InChI is InChI=1S/C18H18N3S/c1-5-20(3)13-7-9-15-17(11-13)22-18-12-14(21(4)6-2)8-10-16(18)19-15/h5-12H,1-2H2,3-4H3/q+1. The summed E-state index contributed by atoms with van der Waals surface area (Å²) in [6.07, 6.45) is 3.61. The maximum absolute atomic E-state index is 4.75. The number of hydrogen-bond donors (Lipinski definition) is 0. The van der Waals surface area contributed by atoms with Gasteiger partial charge in [-0.25, -0.2) is 9.56 Å². The van der Waals surface area contributed by atoms with Crippen molar-refractivity contribution in [3.63, 3.8) is 0 Å². The Morgan fingerprint density at radius 1 is 1.18 bits per heavy atom. The van der Waals surface area contributed by atoms with Crippen molar-refractivity contribution in [3.05, 3.63) is 67.3 Å². The summed E-state index contributed by atoms with van der Waals surface area (Å²) in [5, 5.41) is 1.11. The van der Waals surface area contributed by atoms with Gasteiger partial charge in [0.2, 0.25) is 5.36 Å². The van der Waals surface area contributed by atoms with Crippen molar-refractivity contribution in [1.82, 2.24) is 9.56 Å². The van der Waals surface area contributed by atoms with Gasteiger partial charge in [-0.3, -0.25) is 0 Å². The van der Waals surface area contributed by atoms with Gasteiger partial charge >= 0.3 is 0 Å². The van der Waals surface area contributed by atoms with Crippen molar-refractivity contribution in [2.24, 2.45) is 0 Å². The van der Waals surface area contributed by atoms with Crippen molar-refractivity contribution in [1.29, 1.82) is 0 Å². The maximum Gasteiger partial charge on any atom is 0.206 e. The van der Waals surface area contributed by atoms with Crippen LogP contribution in [0.3, 0.4) is 0 Å². The first-order valence-corrected chi connectivity index (χ1v) is 7.82. The molecule has 22 heavy (non-hydrogen) atoms. The molecule has 0 N–H and O–H groups in total. The van der Waals surface area contributed by atoms with E-state index in [0.717, 1.165) is 31.8 Å². The van der Waals surface area contributed by atoms with E-state index >= 15 is 0 Å². The van der Waals surface area contributed by atoms with Crippen LogP contribution in [0.15, 0.2) is 62.0 Å². The van der Waals surface area contributed by atoms with E-state index in [1.54, 1.807) is 23.7 Å². The number of rotatable bonds is 3. The number of hydrogen-bond acceptors (Lipinski definition) is 3. The molecule has 0 fully saturated rings. The largest absolute Gasteiger partial charge is 0.352 e. The molecule has 1 aliphatic heterocycles. The van der Waals surface area contributed by atoms with Gasteiger partial charge in [0.15, 0.2) is 6.20 Å². The van der Waals surface area contributed by atoms with Crippen LogP contribution in [0.5, 0.6) is 0 Å². The molecule has 1 aliphatic carbocycles. The molecule has 4 heteroatoms. The van der Waals surface area contributed by atoms with E-state index in [2.05, 4.69) is 49.6 Å². The van der Waals surface area contributed by atoms with Crippen LogP contribution in [0.25, 0.3) is 20.8 Å². The highest BCUT2D eigenvalue weighted by molar-refractivity contribution is 7.21. The van der Waals surface area contributed by atoms with Crippen molar-refractivity contribution >= 4 is 27.2 Å². The topological polar surface area (TPSA) is 19.1 Å². The molecule has 3 rings (SSSR count). The molecule has 2 aliphatic rings. The normalized spacial score (nSPS) is 12.3. The monoisotopic (exact) mass is 308 g/mol. The summed E-state index contributed by atoms with van der Waals surface area (Å²) >= 11 is 1.75. The Hall–Kier alpha value is -2.46. The molecule has 0 atom stereocenters. The fourth-order valence-electron chi connectivity index (χ4n) is 2.25. The van der Waals surface area contributed by atoms with Crippen LogP contribution in [0.1, 0.15) is 0 Å². The second-order valence-corrected chi connectivity index (χ2v) is 6.19. The second kappa shape index (κ2) is 5.73. The third kappa shape index (κ3) is 2.53. The lowest BCUT2D eigenvalue weighted by Gasteiger charge is -2.14. The summed E-state index contributed by atoms with van der Waals surface area (Å²) in [5.74, 6) is 0. The minimum Gasteiger partial charge on any atom is -0.352 e. The summed E-state index contributed by atoms with van der Waals surface area (Å²) in [4.78, 5) is 7.91. The number of nitrogens with zero attached hydrogens (tertiary/aromatic N) is 3. The number of anilines is 1. The van der Waals surface area contributed by atoms with Crippen LogP contribution in [0.4, 0.5) is 5.69 Å². The van der Waals surface area contributed by atoms with Gasteiger partial charge in [0, 0.05) is 24.9 Å². The fraction of sp³-hybridized carbons (Fsp3) is 0.111. The van der Waals surface area contributed by atoms with Crippen LogP contribution in [0, 0.1) is 0 Å². The third-order valence-corrected chi connectivity index (χ3v) is 4.80. The zero-order chi connectivity index (χ0) is 15.7. The second-order valence-electron chi connectivity index (χ2n) is 5.10. The first-order valence-electron chi connectivity index (χ1n) is 7.01. The third-order valence-electron chi connectivity index (χ3n) is 3.71. The van der Waals surface area contributed by atoms with E-state index in [1.807, 2.05) is 23.6 Å². The van der Waals surface area contributed by atoms with Crippen LogP contribution >= 0.6 is 11.3 Å². The summed E-state index contributed by atoms with van der Waals surface area (Å²) in [6, 6.07) is 12.6. The van der Waals surface area contributed by atoms with Gasteiger partial charge < -0.3 is 4.90 Å². The molecule has 110 valence electrons. The molecule has 0 saturated heterocycles. The zero-order valence-electron chi connectivity index (χ0n) is 12.8. The van der Waals surface area contributed by atoms with E-state index in [0.29, 0.717) is 0 Å². The summed E-state index contributed by atoms with van der Waals surface area (Å²) < 4.78 is 3.16. The van der Waals surface area contributed by atoms with Gasteiger partial charge in [-0.15, -0.1) is 11.3 Å². The Kier molecular flexibility index (Phi) is 3.77. The van der Waals surface area contributed by atoms with Gasteiger partial charge in [-0.2, -0.15) is 0 Å². The number of fused-ring (bicyclic) bond motifs is 2. The molecule has 3 nitrogen and oxygen atoms in total. The smallest absolute Gasteiger partial charge is 0.206 e. The van der Waals surface area contributed by atoms with Gasteiger partial charge in [0.1, 0.15) is 7.05 Å². The molecule has 1 heterocycles. The molecule has 0 spiro atoms. The summed E-state index contributed by atoms with van der Waals surface area (Å²) in [5.41, 5.74) is 3.14. The van der Waals surface area contributed by atoms with Crippen molar-refractivity contribution in [2.75, 3.05) is 19.0 Å². The quantitative estimate of drug-likeness (QED) is 0.544. The van der Waals surface area contributed by atoms with E-state index in [4.69, 9.17) is 4.98 Å². The van der Waals surface area contributed by atoms with Gasteiger partial charge in [0.25, 0.3) is 0 Å². The number of benzene rings is 2. The van der Waals surface area contributed by atoms with Crippen LogP contribution in [-0.4, -0.2) is 19.1 Å². The first-order chi connectivity index (χ1) is 10.6. The molecule has 0 unspecified atom stereocenters. The molecule has 0 saturated carbocycles. The molecule has 0 radical (unpaired) electrons. The molecule has 0 aromatic heterocycles. The lowest BCUT2D eigenvalue weighted by molar-refractivity contribution is 0.883. The van der Waals surface area contributed by atoms with Gasteiger partial charge in [-0.1, -0.05) is 6.58 Å². The van der Waals surface area contributed by atoms with E-state index < -0.39 is 0 Å². The van der Waals surface area contributed by atoms with Crippen molar-refractivity contribution < 1.29 is 0 Å². The van der Waals surface area contributed by atoms with Crippen LogP contribution < -0.4 is 14.8 Å². The highest BCUT2D eigenvalue weighted by Crippen LogP contribution is 2.31. The lowest BCUT2D eigenvalue weighted by atomic mass is 10.2. The average Bonchev–Trinajstić information content (AvgIpc) is 2.57. The lowest BCUT2D eigenvalue weighted by Crippen LogP contribution is -2.20. The average molecular weight is 308 g/mol. The number of aromatic nitrogens is 1. The van der Waals surface area contributed by atoms with Crippen LogP contribution in [0.2, 0.25) is 0 Å².